The zero-order valence-corrected chi connectivity index (χ0v) is 27.4. The predicted molar refractivity (Wildman–Crippen MR) is 177 cm³/mol. The number of hydrogen-bond acceptors (Lipinski definition) is 4. The van der Waals surface area contributed by atoms with E-state index in [1.165, 1.54) is 0 Å². The van der Waals surface area contributed by atoms with Gasteiger partial charge in [0.1, 0.15) is 11.6 Å². The number of aromatic nitrogens is 4. The second kappa shape index (κ2) is 14.5. The van der Waals surface area contributed by atoms with Crippen molar-refractivity contribution in [1.82, 2.24) is 30.6 Å². The fourth-order valence-electron chi connectivity index (χ4n) is 5.28. The summed E-state index contributed by atoms with van der Waals surface area (Å²) in [6, 6.07) is 16.4. The Morgan fingerprint density at radius 1 is 0.568 bits per heavy atom. The van der Waals surface area contributed by atoms with Gasteiger partial charge in [-0.25, -0.2) is 9.97 Å². The van der Waals surface area contributed by atoms with E-state index in [9.17, 15) is 9.59 Å². The highest BCUT2D eigenvalue weighted by atomic mass is 16.2. The van der Waals surface area contributed by atoms with Crippen LogP contribution in [0.1, 0.15) is 92.0 Å². The number of nitrogens with one attached hydrogen (secondary N) is 4. The lowest BCUT2D eigenvalue weighted by molar-refractivity contribution is -0.123. The van der Waals surface area contributed by atoms with Gasteiger partial charge < -0.3 is 20.6 Å². The van der Waals surface area contributed by atoms with Gasteiger partial charge >= 0.3 is 0 Å². The Morgan fingerprint density at radius 3 is 1.18 bits per heavy atom. The normalized spacial score (nSPS) is 13.1. The average Bonchev–Trinajstić information content (AvgIpc) is 3.65. The highest BCUT2D eigenvalue weighted by Gasteiger charge is 2.23. The summed E-state index contributed by atoms with van der Waals surface area (Å²) in [7, 11) is 0. The molecule has 2 atom stereocenters. The maximum Gasteiger partial charge on any atom is 0.220 e. The van der Waals surface area contributed by atoms with Crippen molar-refractivity contribution in [2.24, 2.45) is 23.7 Å². The van der Waals surface area contributed by atoms with Crippen LogP contribution in [0.2, 0.25) is 0 Å². The molecule has 4 rings (SSSR count). The summed E-state index contributed by atoms with van der Waals surface area (Å²) < 4.78 is 0. The SMILES string of the molecule is CC(C)CC(=O)N[C@@H](c1ncc(-c2ccc(-c3ccc(-c4cnc([C@H](NC(=O)CC(C)C)C(C)C)[nH]4)cc3)cc2)[nH]1)C(C)C. The molecule has 0 unspecified atom stereocenters. The van der Waals surface area contributed by atoms with Crippen molar-refractivity contribution < 1.29 is 9.59 Å². The summed E-state index contributed by atoms with van der Waals surface area (Å²) in [5.41, 5.74) is 6.12. The first kappa shape index (κ1) is 32.7. The number of hydrogen-bond donors (Lipinski definition) is 4. The van der Waals surface area contributed by atoms with Gasteiger partial charge in [0.25, 0.3) is 0 Å². The van der Waals surface area contributed by atoms with Gasteiger partial charge in [0.05, 0.1) is 35.9 Å². The minimum atomic E-state index is -0.168. The second-order valence-electron chi connectivity index (χ2n) is 13.3. The zero-order chi connectivity index (χ0) is 32.0. The first-order valence-corrected chi connectivity index (χ1v) is 15.8. The maximum absolute atomic E-state index is 12.4. The van der Waals surface area contributed by atoms with Crippen LogP contribution in [-0.2, 0) is 9.59 Å². The Bertz CT molecular complexity index is 1400. The molecule has 2 heterocycles. The standard InChI is InChI=1S/C36H48N6O2/c1-21(2)17-31(43)41-33(23(5)6)35-37-19-29(39-35)27-13-9-25(10-14-27)26-11-15-28(16-12-26)30-20-38-36(40-30)34(24(7)8)42-32(44)18-22(3)4/h9-16,19-24,33-34H,17-18H2,1-8H3,(H,37,39)(H,38,40)(H,41,43)(H,42,44)/t33-,34-/m1/s1. The zero-order valence-electron chi connectivity index (χ0n) is 27.4. The first-order chi connectivity index (χ1) is 20.9. The molecule has 4 N–H and O–H groups in total. The average molecular weight is 597 g/mol. The van der Waals surface area contributed by atoms with Gasteiger partial charge in [-0.2, -0.15) is 0 Å². The highest BCUT2D eigenvalue weighted by molar-refractivity contribution is 5.77. The summed E-state index contributed by atoms with van der Waals surface area (Å²) in [6.45, 7) is 16.5. The summed E-state index contributed by atoms with van der Waals surface area (Å²) in [4.78, 5) is 41.0. The molecule has 0 aliphatic rings. The minimum Gasteiger partial charge on any atom is -0.346 e. The third kappa shape index (κ3) is 8.46. The molecule has 0 bridgehead atoms. The monoisotopic (exact) mass is 596 g/mol. The molecule has 8 nitrogen and oxygen atoms in total. The molecule has 2 amide bonds. The van der Waals surface area contributed by atoms with Crippen LogP contribution in [0.4, 0.5) is 0 Å². The molecule has 0 radical (unpaired) electrons. The highest BCUT2D eigenvalue weighted by Crippen LogP contribution is 2.29. The van der Waals surface area contributed by atoms with E-state index >= 15 is 0 Å². The number of nitrogens with zero attached hydrogens (tertiary/aromatic N) is 2. The number of carbonyl (C=O) groups is 2. The number of imidazole rings is 2. The van der Waals surface area contributed by atoms with Gasteiger partial charge in [0.15, 0.2) is 0 Å². The molecular formula is C36H48N6O2. The van der Waals surface area contributed by atoms with Gasteiger partial charge in [0, 0.05) is 12.8 Å². The molecule has 234 valence electrons. The van der Waals surface area contributed by atoms with Gasteiger partial charge in [-0.1, -0.05) is 104 Å². The topological polar surface area (TPSA) is 116 Å². The Morgan fingerprint density at radius 2 is 0.886 bits per heavy atom. The van der Waals surface area contributed by atoms with Crippen molar-refractivity contribution in [2.75, 3.05) is 0 Å². The van der Waals surface area contributed by atoms with Crippen molar-refractivity contribution in [2.45, 2.75) is 80.3 Å². The molecule has 0 fully saturated rings. The van der Waals surface area contributed by atoms with Crippen molar-refractivity contribution in [3.8, 4) is 33.6 Å². The number of carbonyl (C=O) groups excluding carboxylic acids is 2. The van der Waals surface area contributed by atoms with E-state index in [4.69, 9.17) is 0 Å². The molecule has 0 aliphatic carbocycles. The predicted octanol–water partition coefficient (Wildman–Crippen LogP) is 7.85. The number of H-pyrrole nitrogens is 2. The Balaban J connectivity index is 1.44. The molecular weight excluding hydrogens is 548 g/mol. The Kier molecular flexibility index (Phi) is 10.8. The minimum absolute atomic E-state index is 0.0466. The van der Waals surface area contributed by atoms with Gasteiger partial charge in [-0.05, 0) is 45.9 Å². The second-order valence-corrected chi connectivity index (χ2v) is 13.3. The molecule has 0 saturated heterocycles. The van der Waals surface area contributed by atoms with Gasteiger partial charge in [-0.15, -0.1) is 0 Å². The number of rotatable bonds is 13. The molecule has 8 heteroatoms. The summed E-state index contributed by atoms with van der Waals surface area (Å²) >= 11 is 0. The molecule has 0 aliphatic heterocycles. The van der Waals surface area contributed by atoms with E-state index in [1.807, 2.05) is 40.1 Å². The first-order valence-electron chi connectivity index (χ1n) is 15.8. The Hall–Kier alpha value is -4.20. The molecule has 44 heavy (non-hydrogen) atoms. The van der Waals surface area contributed by atoms with Crippen LogP contribution in [0.15, 0.2) is 60.9 Å². The molecule has 2 aromatic heterocycles. The van der Waals surface area contributed by atoms with Crippen LogP contribution >= 0.6 is 0 Å². The van der Waals surface area contributed by atoms with Crippen LogP contribution in [0.25, 0.3) is 33.6 Å². The van der Waals surface area contributed by atoms with Crippen LogP contribution in [0.5, 0.6) is 0 Å². The van der Waals surface area contributed by atoms with E-state index in [2.05, 4.69) is 107 Å². The van der Waals surface area contributed by atoms with Crippen LogP contribution in [0, 0.1) is 23.7 Å². The lowest BCUT2D eigenvalue weighted by atomic mass is 10.0. The van der Waals surface area contributed by atoms with Crippen molar-refractivity contribution >= 4 is 11.8 Å². The lowest BCUT2D eigenvalue weighted by Gasteiger charge is -2.21. The lowest BCUT2D eigenvalue weighted by Crippen LogP contribution is -2.33. The van der Waals surface area contributed by atoms with Gasteiger partial charge in [-0.3, -0.25) is 9.59 Å². The fourth-order valence-corrected chi connectivity index (χ4v) is 5.28. The smallest absolute Gasteiger partial charge is 0.220 e. The largest absolute Gasteiger partial charge is 0.346 e. The summed E-state index contributed by atoms with van der Waals surface area (Å²) in [5.74, 6) is 2.65. The van der Waals surface area contributed by atoms with E-state index in [1.54, 1.807) is 0 Å². The van der Waals surface area contributed by atoms with Crippen LogP contribution in [-0.4, -0.2) is 31.8 Å². The summed E-state index contributed by atoms with van der Waals surface area (Å²) in [6.07, 6.45) is 4.67. The molecule has 0 saturated carbocycles. The summed E-state index contributed by atoms with van der Waals surface area (Å²) in [5, 5.41) is 6.29. The molecule has 4 aromatic rings. The third-order valence-corrected chi connectivity index (χ3v) is 7.66. The van der Waals surface area contributed by atoms with E-state index in [0.717, 1.165) is 45.3 Å². The van der Waals surface area contributed by atoms with Crippen LogP contribution < -0.4 is 10.6 Å². The van der Waals surface area contributed by atoms with E-state index in [0.29, 0.717) is 24.7 Å². The van der Waals surface area contributed by atoms with Crippen LogP contribution in [0.3, 0.4) is 0 Å². The van der Waals surface area contributed by atoms with Crippen molar-refractivity contribution in [1.29, 1.82) is 0 Å². The molecule has 2 aromatic carbocycles. The number of aromatic amines is 2. The quantitative estimate of drug-likeness (QED) is 0.126. The molecule has 0 spiro atoms. The van der Waals surface area contributed by atoms with Gasteiger partial charge in [0.2, 0.25) is 11.8 Å². The number of benzene rings is 2. The Labute approximate surface area is 261 Å². The van der Waals surface area contributed by atoms with E-state index in [-0.39, 0.29) is 35.7 Å². The number of amides is 2. The van der Waals surface area contributed by atoms with Crippen molar-refractivity contribution in [3.63, 3.8) is 0 Å². The van der Waals surface area contributed by atoms with E-state index < -0.39 is 0 Å². The maximum atomic E-state index is 12.4. The van der Waals surface area contributed by atoms with Crippen molar-refractivity contribution in [3.05, 3.63) is 72.6 Å². The fraction of sp³-hybridized carbons (Fsp3) is 0.444. The third-order valence-electron chi connectivity index (χ3n) is 7.66.